The van der Waals surface area contributed by atoms with Crippen LogP contribution in [0, 0.1) is 0 Å². The van der Waals surface area contributed by atoms with Gasteiger partial charge in [0, 0.05) is 43.2 Å². The van der Waals surface area contributed by atoms with Gasteiger partial charge in [-0.2, -0.15) is 0 Å². The van der Waals surface area contributed by atoms with E-state index in [1.54, 1.807) is 0 Å². The second-order valence-corrected chi connectivity index (χ2v) is 6.29. The van der Waals surface area contributed by atoms with Crippen molar-refractivity contribution in [1.82, 2.24) is 14.5 Å². The van der Waals surface area contributed by atoms with Gasteiger partial charge in [0.05, 0.1) is 0 Å². The predicted molar refractivity (Wildman–Crippen MR) is 92.2 cm³/mol. The van der Waals surface area contributed by atoms with E-state index < -0.39 is 0 Å². The molecule has 1 N–H and O–H groups in total. The number of amides is 1. The Kier molecular flexibility index (Phi) is 4.76. The van der Waals surface area contributed by atoms with E-state index in [0.29, 0.717) is 6.04 Å². The van der Waals surface area contributed by atoms with Crippen molar-refractivity contribution in [3.05, 3.63) is 36.7 Å². The Morgan fingerprint density at radius 1 is 1.30 bits per heavy atom. The molecule has 1 saturated heterocycles. The first-order valence-corrected chi connectivity index (χ1v) is 8.23. The molecule has 2 aromatic rings. The van der Waals surface area contributed by atoms with Crippen LogP contribution in [0.5, 0.6) is 0 Å². The van der Waals surface area contributed by atoms with Crippen molar-refractivity contribution in [3.63, 3.8) is 0 Å². The molecule has 2 heterocycles. The number of carbonyl (C=O) groups is 1. The molecule has 122 valence electrons. The number of benzene rings is 1. The Morgan fingerprint density at radius 3 is 2.78 bits per heavy atom. The molecule has 1 aliphatic rings. The summed E-state index contributed by atoms with van der Waals surface area (Å²) < 4.78 is 2.24. The van der Waals surface area contributed by atoms with E-state index in [2.05, 4.69) is 33.0 Å². The molecule has 1 amide bonds. The Balaban J connectivity index is 1.76. The number of imidazole rings is 1. The summed E-state index contributed by atoms with van der Waals surface area (Å²) in [7, 11) is 2.21. The summed E-state index contributed by atoms with van der Waals surface area (Å²) in [6.07, 6.45) is 7.77. The Labute approximate surface area is 137 Å². The highest BCUT2D eigenvalue weighted by molar-refractivity contribution is 5.88. The van der Waals surface area contributed by atoms with E-state index >= 15 is 0 Å². The fourth-order valence-electron chi connectivity index (χ4n) is 3.22. The van der Waals surface area contributed by atoms with Crippen molar-refractivity contribution in [2.75, 3.05) is 18.9 Å². The molecule has 1 fully saturated rings. The molecule has 0 bridgehead atoms. The number of rotatable bonds is 4. The summed E-state index contributed by atoms with van der Waals surface area (Å²) >= 11 is 0. The lowest BCUT2D eigenvalue weighted by Crippen LogP contribution is -2.39. The average molecular weight is 312 g/mol. The normalized spacial score (nSPS) is 18.8. The van der Waals surface area contributed by atoms with Crippen LogP contribution in [0.4, 0.5) is 5.69 Å². The lowest BCUT2D eigenvalue weighted by molar-refractivity contribution is -0.114. The molecule has 3 rings (SSSR count). The number of carbonyl (C=O) groups excluding carboxylic acids is 1. The number of hydrogen-bond acceptors (Lipinski definition) is 3. The van der Waals surface area contributed by atoms with E-state index in [9.17, 15) is 4.79 Å². The Hall–Kier alpha value is -2.14. The molecular weight excluding hydrogens is 288 g/mol. The van der Waals surface area contributed by atoms with Crippen LogP contribution in [-0.2, 0) is 11.3 Å². The molecule has 1 aliphatic heterocycles. The maximum atomic E-state index is 11.1. The quantitative estimate of drug-likeness (QED) is 0.944. The van der Waals surface area contributed by atoms with Crippen molar-refractivity contribution in [3.8, 4) is 11.4 Å². The number of nitrogens with one attached hydrogen (secondary N) is 1. The van der Waals surface area contributed by atoms with Crippen LogP contribution in [0.2, 0.25) is 0 Å². The van der Waals surface area contributed by atoms with Crippen molar-refractivity contribution < 1.29 is 4.79 Å². The third-order valence-electron chi connectivity index (χ3n) is 4.51. The summed E-state index contributed by atoms with van der Waals surface area (Å²) in [5.74, 6) is 0.929. The highest BCUT2D eigenvalue weighted by Crippen LogP contribution is 2.23. The zero-order chi connectivity index (χ0) is 16.2. The van der Waals surface area contributed by atoms with E-state index in [1.165, 1.54) is 32.7 Å². The Morgan fingerprint density at radius 2 is 2.09 bits per heavy atom. The number of piperidine rings is 1. The first kappa shape index (κ1) is 15.7. The standard InChI is InChI=1S/C18H24N4O/c1-14(23)20-16-8-6-15(7-9-16)18-19-10-12-22(18)13-17-5-3-4-11-21(17)2/h6-10,12,17H,3-5,11,13H2,1-2H3,(H,20,23)/t17-/m1/s1. The second-order valence-electron chi connectivity index (χ2n) is 6.29. The van der Waals surface area contributed by atoms with Gasteiger partial charge in [-0.15, -0.1) is 0 Å². The molecule has 0 unspecified atom stereocenters. The lowest BCUT2D eigenvalue weighted by atomic mass is 10.0. The average Bonchev–Trinajstić information content (AvgIpc) is 2.98. The van der Waals surface area contributed by atoms with Crippen molar-refractivity contribution >= 4 is 11.6 Å². The van der Waals surface area contributed by atoms with Crippen LogP contribution >= 0.6 is 0 Å². The van der Waals surface area contributed by atoms with Gasteiger partial charge < -0.3 is 14.8 Å². The highest BCUT2D eigenvalue weighted by Gasteiger charge is 2.20. The molecular formula is C18H24N4O. The van der Waals surface area contributed by atoms with E-state index in [0.717, 1.165) is 23.6 Å². The second kappa shape index (κ2) is 6.96. The van der Waals surface area contributed by atoms with Crippen molar-refractivity contribution in [2.45, 2.75) is 38.8 Å². The molecule has 5 nitrogen and oxygen atoms in total. The zero-order valence-corrected chi connectivity index (χ0v) is 13.8. The number of anilines is 1. The summed E-state index contributed by atoms with van der Waals surface area (Å²) in [5.41, 5.74) is 1.88. The minimum Gasteiger partial charge on any atom is -0.329 e. The smallest absolute Gasteiger partial charge is 0.221 e. The first-order valence-electron chi connectivity index (χ1n) is 8.23. The minimum atomic E-state index is -0.0559. The van der Waals surface area contributed by atoms with E-state index in [-0.39, 0.29) is 5.91 Å². The third-order valence-corrected chi connectivity index (χ3v) is 4.51. The molecule has 1 aromatic heterocycles. The van der Waals surface area contributed by atoms with Gasteiger partial charge in [0.25, 0.3) is 0 Å². The third kappa shape index (κ3) is 3.79. The molecule has 1 atom stereocenters. The first-order chi connectivity index (χ1) is 11.1. The SMILES string of the molecule is CC(=O)Nc1ccc(-c2nccn2C[C@H]2CCCCN2C)cc1. The number of nitrogens with zero attached hydrogens (tertiary/aromatic N) is 3. The summed E-state index contributed by atoms with van der Waals surface area (Å²) in [4.78, 5) is 18.1. The van der Waals surface area contributed by atoms with Gasteiger partial charge in [-0.25, -0.2) is 4.98 Å². The molecule has 5 heteroatoms. The zero-order valence-electron chi connectivity index (χ0n) is 13.8. The van der Waals surface area contributed by atoms with Gasteiger partial charge in [-0.3, -0.25) is 4.79 Å². The van der Waals surface area contributed by atoms with Gasteiger partial charge >= 0.3 is 0 Å². The molecule has 0 radical (unpaired) electrons. The van der Waals surface area contributed by atoms with Crippen molar-refractivity contribution in [1.29, 1.82) is 0 Å². The molecule has 0 spiro atoms. The maximum absolute atomic E-state index is 11.1. The summed E-state index contributed by atoms with van der Waals surface area (Å²) in [6.45, 7) is 3.67. The Bertz CT molecular complexity index is 662. The predicted octanol–water partition coefficient (Wildman–Crippen LogP) is 2.99. The summed E-state index contributed by atoms with van der Waals surface area (Å²) in [6, 6.07) is 8.43. The van der Waals surface area contributed by atoms with Gasteiger partial charge in [0.1, 0.15) is 5.82 Å². The number of hydrogen-bond donors (Lipinski definition) is 1. The van der Waals surface area contributed by atoms with Crippen LogP contribution in [0.25, 0.3) is 11.4 Å². The van der Waals surface area contributed by atoms with Gasteiger partial charge in [-0.05, 0) is 50.7 Å². The van der Waals surface area contributed by atoms with Crippen LogP contribution in [-0.4, -0.2) is 40.0 Å². The summed E-state index contributed by atoms with van der Waals surface area (Å²) in [5, 5.41) is 2.79. The fraction of sp³-hybridized carbons (Fsp3) is 0.444. The van der Waals surface area contributed by atoms with Crippen LogP contribution in [0.3, 0.4) is 0 Å². The van der Waals surface area contributed by atoms with E-state index in [1.807, 2.05) is 30.5 Å². The molecule has 0 aliphatic carbocycles. The minimum absolute atomic E-state index is 0.0559. The van der Waals surface area contributed by atoms with Crippen LogP contribution in [0.15, 0.2) is 36.7 Å². The van der Waals surface area contributed by atoms with Crippen LogP contribution in [0.1, 0.15) is 26.2 Å². The highest BCUT2D eigenvalue weighted by atomic mass is 16.1. The number of likely N-dealkylation sites (tertiary alicyclic amines) is 1. The molecule has 1 aromatic carbocycles. The van der Waals surface area contributed by atoms with Gasteiger partial charge in [0.15, 0.2) is 0 Å². The van der Waals surface area contributed by atoms with Gasteiger partial charge in [0.2, 0.25) is 5.91 Å². The number of aromatic nitrogens is 2. The molecule has 23 heavy (non-hydrogen) atoms. The lowest BCUT2D eigenvalue weighted by Gasteiger charge is -2.33. The topological polar surface area (TPSA) is 50.2 Å². The largest absolute Gasteiger partial charge is 0.329 e. The number of likely N-dealkylation sites (N-methyl/N-ethyl adjacent to an activating group) is 1. The van der Waals surface area contributed by atoms with E-state index in [4.69, 9.17) is 0 Å². The fourth-order valence-corrected chi connectivity index (χ4v) is 3.22. The molecule has 0 saturated carbocycles. The maximum Gasteiger partial charge on any atom is 0.221 e. The monoisotopic (exact) mass is 312 g/mol. The van der Waals surface area contributed by atoms with Gasteiger partial charge in [-0.1, -0.05) is 6.42 Å². The van der Waals surface area contributed by atoms with Crippen molar-refractivity contribution in [2.24, 2.45) is 0 Å². The van der Waals surface area contributed by atoms with Crippen LogP contribution < -0.4 is 5.32 Å².